The summed E-state index contributed by atoms with van der Waals surface area (Å²) in [6.45, 7) is 6.69. The highest BCUT2D eigenvalue weighted by atomic mass is 32.2. The van der Waals surface area contributed by atoms with Crippen LogP contribution >= 0.6 is 0 Å². The Balaban J connectivity index is 1.13. The standard InChI is InChI=1S/C32H44F3N5O4S/c1-21-28(11-9-27-10-12-29(44-27)23-5-7-24(8-6-23)32(33,34)35)36-22(2)37-30(21)31(41)40-19-15-26(16-20-40)39-17-13-25(14-18-39)38(3)45(4,42)43/h5-8,25-27,29H,9-20H2,1-4H3/t27-,29-/m1/s1. The summed E-state index contributed by atoms with van der Waals surface area (Å²) in [5, 5.41) is 0. The van der Waals surface area contributed by atoms with Gasteiger partial charge in [-0.25, -0.2) is 22.7 Å². The summed E-state index contributed by atoms with van der Waals surface area (Å²) in [5.41, 5.74) is 2.13. The van der Waals surface area contributed by atoms with Gasteiger partial charge in [-0.3, -0.25) is 4.79 Å². The molecule has 45 heavy (non-hydrogen) atoms. The van der Waals surface area contributed by atoms with Gasteiger partial charge in [-0.2, -0.15) is 13.2 Å². The van der Waals surface area contributed by atoms with Gasteiger partial charge < -0.3 is 14.5 Å². The Bertz CT molecular complexity index is 1450. The summed E-state index contributed by atoms with van der Waals surface area (Å²) in [5.74, 6) is 0.469. The van der Waals surface area contributed by atoms with Crippen molar-refractivity contribution in [2.45, 2.75) is 95.7 Å². The third-order valence-electron chi connectivity index (χ3n) is 9.79. The number of amides is 1. The van der Waals surface area contributed by atoms with Crippen LogP contribution in [0.3, 0.4) is 0 Å². The molecule has 3 aliphatic heterocycles. The highest BCUT2D eigenvalue weighted by Gasteiger charge is 2.34. The number of likely N-dealkylation sites (tertiary alicyclic amines) is 2. The Morgan fingerprint density at radius 3 is 2.22 bits per heavy atom. The van der Waals surface area contributed by atoms with Crippen LogP contribution in [-0.4, -0.2) is 96.1 Å². The van der Waals surface area contributed by atoms with Crippen LogP contribution in [0.2, 0.25) is 0 Å². The van der Waals surface area contributed by atoms with Gasteiger partial charge in [0.2, 0.25) is 10.0 Å². The van der Waals surface area contributed by atoms with Crippen LogP contribution in [0.4, 0.5) is 13.2 Å². The predicted molar refractivity (Wildman–Crippen MR) is 164 cm³/mol. The Morgan fingerprint density at radius 1 is 0.978 bits per heavy atom. The minimum absolute atomic E-state index is 0.0387. The molecule has 5 rings (SSSR count). The number of ether oxygens (including phenoxy) is 1. The maximum absolute atomic E-state index is 13.6. The topological polar surface area (TPSA) is 95.9 Å². The molecular formula is C32H44F3N5O4S. The van der Waals surface area contributed by atoms with Crippen molar-refractivity contribution < 1.29 is 31.1 Å². The minimum Gasteiger partial charge on any atom is -0.370 e. The van der Waals surface area contributed by atoms with Gasteiger partial charge in [0.25, 0.3) is 5.91 Å². The Kier molecular flexibility index (Phi) is 10.2. The lowest BCUT2D eigenvalue weighted by Crippen LogP contribution is -2.52. The van der Waals surface area contributed by atoms with Crippen LogP contribution in [0.1, 0.15) is 89.7 Å². The van der Waals surface area contributed by atoms with Crippen LogP contribution in [0.25, 0.3) is 0 Å². The number of sulfonamides is 1. The van der Waals surface area contributed by atoms with Crippen LogP contribution in [-0.2, 0) is 27.4 Å². The van der Waals surface area contributed by atoms with E-state index >= 15 is 0 Å². The minimum atomic E-state index is -4.36. The first-order valence-corrected chi connectivity index (χ1v) is 17.7. The molecule has 0 aliphatic carbocycles. The molecule has 1 aromatic carbocycles. The molecule has 0 spiro atoms. The molecule has 1 aromatic heterocycles. The van der Waals surface area contributed by atoms with Crippen molar-refractivity contribution in [3.63, 3.8) is 0 Å². The number of benzene rings is 1. The Labute approximate surface area is 264 Å². The lowest BCUT2D eigenvalue weighted by molar-refractivity contribution is -0.137. The van der Waals surface area contributed by atoms with Crippen molar-refractivity contribution in [1.29, 1.82) is 0 Å². The fourth-order valence-corrected chi connectivity index (χ4v) is 7.71. The van der Waals surface area contributed by atoms with Gasteiger partial charge in [0.05, 0.1) is 24.0 Å². The normalized spacial score (nSPS) is 22.8. The van der Waals surface area contributed by atoms with E-state index in [2.05, 4.69) is 14.9 Å². The maximum atomic E-state index is 13.6. The van der Waals surface area contributed by atoms with Gasteiger partial charge in [0, 0.05) is 43.5 Å². The Hall–Kier alpha value is -2.61. The molecule has 0 N–H and O–H groups in total. The van der Waals surface area contributed by atoms with E-state index < -0.39 is 21.8 Å². The van der Waals surface area contributed by atoms with Crippen molar-refractivity contribution in [1.82, 2.24) is 24.1 Å². The van der Waals surface area contributed by atoms with Crippen LogP contribution in [0.15, 0.2) is 24.3 Å². The first kappa shape index (κ1) is 33.7. The van der Waals surface area contributed by atoms with Crippen molar-refractivity contribution in [3.05, 3.63) is 58.2 Å². The van der Waals surface area contributed by atoms with E-state index in [1.165, 1.54) is 22.7 Å². The molecule has 248 valence electrons. The van der Waals surface area contributed by atoms with E-state index in [1.54, 1.807) is 14.0 Å². The van der Waals surface area contributed by atoms with Crippen molar-refractivity contribution >= 4 is 15.9 Å². The molecule has 1 amide bonds. The third kappa shape index (κ3) is 8.04. The summed E-state index contributed by atoms with van der Waals surface area (Å²) in [6, 6.07) is 5.61. The van der Waals surface area contributed by atoms with E-state index in [-0.39, 0.29) is 24.2 Å². The summed E-state index contributed by atoms with van der Waals surface area (Å²) >= 11 is 0. The quantitative estimate of drug-likeness (QED) is 0.400. The zero-order chi connectivity index (χ0) is 32.5. The lowest BCUT2D eigenvalue weighted by Gasteiger charge is -2.43. The first-order valence-electron chi connectivity index (χ1n) is 15.8. The van der Waals surface area contributed by atoms with E-state index in [0.717, 1.165) is 80.6 Å². The average Bonchev–Trinajstić information content (AvgIpc) is 3.49. The van der Waals surface area contributed by atoms with Gasteiger partial charge in [-0.1, -0.05) is 12.1 Å². The number of halogens is 3. The van der Waals surface area contributed by atoms with Gasteiger partial charge in [-0.05, 0) is 96.0 Å². The fourth-order valence-electron chi connectivity index (χ4n) is 6.96. The number of aryl methyl sites for hydroxylation is 2. The number of hydrogen-bond donors (Lipinski definition) is 0. The summed E-state index contributed by atoms with van der Waals surface area (Å²) in [6.07, 6.45) is 2.85. The first-order chi connectivity index (χ1) is 21.2. The number of piperidine rings is 2. The number of rotatable bonds is 8. The van der Waals surface area contributed by atoms with E-state index in [9.17, 15) is 26.4 Å². The fraction of sp³-hybridized carbons (Fsp3) is 0.656. The summed E-state index contributed by atoms with van der Waals surface area (Å²) in [4.78, 5) is 27.1. The van der Waals surface area contributed by atoms with E-state index in [0.29, 0.717) is 43.5 Å². The average molecular weight is 652 g/mol. The molecule has 3 fully saturated rings. The molecule has 4 heterocycles. The number of carbonyl (C=O) groups excluding carboxylic acids is 1. The molecule has 13 heteroatoms. The molecule has 3 aliphatic rings. The molecule has 0 saturated carbocycles. The number of carbonyl (C=O) groups is 1. The van der Waals surface area contributed by atoms with Gasteiger partial charge in [-0.15, -0.1) is 0 Å². The van der Waals surface area contributed by atoms with Gasteiger partial charge >= 0.3 is 6.18 Å². The van der Waals surface area contributed by atoms with Crippen molar-refractivity contribution in [2.24, 2.45) is 0 Å². The second kappa shape index (κ2) is 13.6. The molecule has 0 bridgehead atoms. The molecule has 0 radical (unpaired) electrons. The second-order valence-electron chi connectivity index (χ2n) is 12.7. The highest BCUT2D eigenvalue weighted by molar-refractivity contribution is 7.88. The van der Waals surface area contributed by atoms with Crippen LogP contribution in [0.5, 0.6) is 0 Å². The molecular weight excluding hydrogens is 607 g/mol. The Morgan fingerprint density at radius 2 is 1.62 bits per heavy atom. The largest absolute Gasteiger partial charge is 0.416 e. The molecule has 3 saturated heterocycles. The third-order valence-corrected chi connectivity index (χ3v) is 11.1. The number of aromatic nitrogens is 2. The second-order valence-corrected chi connectivity index (χ2v) is 14.8. The molecule has 0 unspecified atom stereocenters. The summed E-state index contributed by atoms with van der Waals surface area (Å²) < 4.78 is 70.3. The van der Waals surface area contributed by atoms with E-state index in [4.69, 9.17) is 4.74 Å². The van der Waals surface area contributed by atoms with Crippen LogP contribution in [0, 0.1) is 13.8 Å². The van der Waals surface area contributed by atoms with Crippen molar-refractivity contribution in [2.75, 3.05) is 39.5 Å². The lowest BCUT2D eigenvalue weighted by atomic mass is 9.97. The zero-order valence-corrected chi connectivity index (χ0v) is 27.3. The predicted octanol–water partition coefficient (Wildman–Crippen LogP) is 4.93. The van der Waals surface area contributed by atoms with Crippen LogP contribution < -0.4 is 0 Å². The smallest absolute Gasteiger partial charge is 0.370 e. The number of alkyl halides is 3. The summed E-state index contributed by atoms with van der Waals surface area (Å²) in [7, 11) is -1.54. The van der Waals surface area contributed by atoms with Gasteiger partial charge in [0.1, 0.15) is 11.5 Å². The van der Waals surface area contributed by atoms with Crippen molar-refractivity contribution in [3.8, 4) is 0 Å². The zero-order valence-electron chi connectivity index (χ0n) is 26.5. The maximum Gasteiger partial charge on any atom is 0.416 e. The molecule has 2 atom stereocenters. The molecule has 9 nitrogen and oxygen atoms in total. The van der Waals surface area contributed by atoms with Gasteiger partial charge in [0.15, 0.2) is 0 Å². The molecule has 2 aromatic rings. The number of nitrogens with zero attached hydrogens (tertiary/aromatic N) is 5. The highest BCUT2D eigenvalue weighted by Crippen LogP contribution is 2.36. The SMILES string of the molecule is Cc1nc(CC[C@@H]2CC[C@H](c3ccc(C(F)(F)F)cc3)O2)c(C)c(C(=O)N2CCC(N3CCC(N(C)S(C)(=O)=O)CC3)CC2)n1. The van der Waals surface area contributed by atoms with E-state index in [1.807, 2.05) is 11.8 Å². The number of hydrogen-bond acceptors (Lipinski definition) is 7. The monoisotopic (exact) mass is 651 g/mol.